The molecule has 2 rings (SSSR count). The summed E-state index contributed by atoms with van der Waals surface area (Å²) in [6.45, 7) is 3.95. The van der Waals surface area contributed by atoms with Gasteiger partial charge in [0.15, 0.2) is 0 Å². The van der Waals surface area contributed by atoms with E-state index >= 15 is 0 Å². The van der Waals surface area contributed by atoms with Gasteiger partial charge in [-0.15, -0.1) is 0 Å². The van der Waals surface area contributed by atoms with E-state index in [1.807, 2.05) is 0 Å². The van der Waals surface area contributed by atoms with E-state index < -0.39 is 17.9 Å². The molecule has 108 valence electrons. The van der Waals surface area contributed by atoms with Gasteiger partial charge in [0.25, 0.3) is 0 Å². The van der Waals surface area contributed by atoms with E-state index in [-0.39, 0.29) is 18.3 Å². The number of carbonyl (C=O) groups is 2. The lowest BCUT2D eigenvalue weighted by molar-refractivity contribution is -0.142. The molecule has 1 saturated heterocycles. The van der Waals surface area contributed by atoms with Crippen molar-refractivity contribution in [2.24, 2.45) is 11.8 Å². The highest BCUT2D eigenvalue weighted by atomic mass is 19.1. The van der Waals surface area contributed by atoms with Gasteiger partial charge >= 0.3 is 12.0 Å². The maximum Gasteiger partial charge on any atom is 0.321 e. The van der Waals surface area contributed by atoms with Crippen LogP contribution in [0, 0.1) is 24.6 Å². The van der Waals surface area contributed by atoms with Crippen molar-refractivity contribution in [1.82, 2.24) is 4.90 Å². The number of halogens is 1. The maximum absolute atomic E-state index is 13.4. The van der Waals surface area contributed by atoms with Crippen molar-refractivity contribution >= 4 is 17.7 Å². The van der Waals surface area contributed by atoms with Gasteiger partial charge in [-0.05, 0) is 25.0 Å². The van der Waals surface area contributed by atoms with Gasteiger partial charge < -0.3 is 15.3 Å². The summed E-state index contributed by atoms with van der Waals surface area (Å²) in [5, 5.41) is 11.7. The number of benzene rings is 1. The molecule has 0 spiro atoms. The number of nitrogens with one attached hydrogen (secondary N) is 1. The van der Waals surface area contributed by atoms with Gasteiger partial charge in [-0.1, -0.05) is 13.0 Å². The second-order valence-electron chi connectivity index (χ2n) is 5.17. The molecule has 2 atom stereocenters. The summed E-state index contributed by atoms with van der Waals surface area (Å²) in [5.41, 5.74) is 0.768. The van der Waals surface area contributed by atoms with E-state index in [4.69, 9.17) is 5.11 Å². The second kappa shape index (κ2) is 5.48. The fourth-order valence-corrected chi connectivity index (χ4v) is 2.39. The largest absolute Gasteiger partial charge is 0.481 e. The molecule has 0 radical (unpaired) electrons. The summed E-state index contributed by atoms with van der Waals surface area (Å²) in [5.74, 6) is -1.92. The number of hydrogen-bond donors (Lipinski definition) is 2. The normalized spacial score (nSPS) is 21.9. The number of aliphatic carboxylic acids is 1. The lowest BCUT2D eigenvalue weighted by Gasteiger charge is -2.18. The quantitative estimate of drug-likeness (QED) is 0.873. The van der Waals surface area contributed by atoms with Crippen LogP contribution < -0.4 is 5.32 Å². The number of likely N-dealkylation sites (tertiary alicyclic amines) is 1. The van der Waals surface area contributed by atoms with Crippen LogP contribution in [0.25, 0.3) is 0 Å². The molecule has 1 fully saturated rings. The first-order valence-corrected chi connectivity index (χ1v) is 6.44. The molecule has 6 heteroatoms. The molecule has 1 aromatic carbocycles. The molecule has 0 bridgehead atoms. The Morgan fingerprint density at radius 3 is 2.70 bits per heavy atom. The molecule has 0 saturated carbocycles. The Morgan fingerprint density at radius 2 is 2.10 bits per heavy atom. The number of carboxylic acids is 1. The maximum atomic E-state index is 13.4. The average Bonchev–Trinajstić information content (AvgIpc) is 2.77. The number of carbonyl (C=O) groups excluding carboxylic acids is 1. The molecule has 0 aliphatic carbocycles. The summed E-state index contributed by atoms with van der Waals surface area (Å²) < 4.78 is 13.4. The number of amides is 2. The topological polar surface area (TPSA) is 69.6 Å². The van der Waals surface area contributed by atoms with E-state index in [0.717, 1.165) is 0 Å². The van der Waals surface area contributed by atoms with Gasteiger partial charge in [-0.3, -0.25) is 4.79 Å². The molecule has 0 aromatic heterocycles. The number of nitrogens with zero attached hydrogens (tertiary/aromatic N) is 1. The van der Waals surface area contributed by atoms with E-state index in [0.29, 0.717) is 17.8 Å². The Hall–Kier alpha value is -2.11. The summed E-state index contributed by atoms with van der Waals surface area (Å²) in [7, 11) is 0. The molecule has 1 aliphatic rings. The molecule has 20 heavy (non-hydrogen) atoms. The molecular formula is C14H17FN2O3. The number of hydrogen-bond acceptors (Lipinski definition) is 2. The van der Waals surface area contributed by atoms with E-state index in [9.17, 15) is 14.0 Å². The van der Waals surface area contributed by atoms with Crippen LogP contribution in [0.3, 0.4) is 0 Å². The molecule has 5 nitrogen and oxygen atoms in total. The Bertz CT molecular complexity index is 547. The van der Waals surface area contributed by atoms with Gasteiger partial charge in [0.05, 0.1) is 5.92 Å². The number of urea groups is 1. The van der Waals surface area contributed by atoms with Gasteiger partial charge in [0.2, 0.25) is 0 Å². The third-order valence-electron chi connectivity index (χ3n) is 3.73. The highest BCUT2D eigenvalue weighted by Gasteiger charge is 2.37. The van der Waals surface area contributed by atoms with E-state index in [1.54, 1.807) is 19.9 Å². The van der Waals surface area contributed by atoms with Crippen LogP contribution in [-0.2, 0) is 4.79 Å². The highest BCUT2D eigenvalue weighted by Crippen LogP contribution is 2.24. The molecule has 0 unspecified atom stereocenters. The minimum absolute atomic E-state index is 0.0909. The van der Waals surface area contributed by atoms with E-state index in [1.165, 1.54) is 17.0 Å². The number of carboxylic acid groups (broad SMARTS) is 1. The van der Waals surface area contributed by atoms with Crippen molar-refractivity contribution in [1.29, 1.82) is 0 Å². The lowest BCUT2D eigenvalue weighted by atomic mass is 9.99. The summed E-state index contributed by atoms with van der Waals surface area (Å²) in [4.78, 5) is 24.6. The minimum Gasteiger partial charge on any atom is -0.481 e. The molecule has 1 heterocycles. The lowest BCUT2D eigenvalue weighted by Crippen LogP contribution is -2.34. The molecule has 1 aromatic rings. The Labute approximate surface area is 116 Å². The fraction of sp³-hybridized carbons (Fsp3) is 0.429. The summed E-state index contributed by atoms with van der Waals surface area (Å²) in [6.07, 6.45) is 0. The van der Waals surface area contributed by atoms with Crippen LogP contribution in [0.2, 0.25) is 0 Å². The van der Waals surface area contributed by atoms with Crippen molar-refractivity contribution in [3.05, 3.63) is 29.6 Å². The van der Waals surface area contributed by atoms with E-state index in [2.05, 4.69) is 5.32 Å². The van der Waals surface area contributed by atoms with Crippen molar-refractivity contribution in [2.75, 3.05) is 18.4 Å². The predicted molar refractivity (Wildman–Crippen MR) is 72.0 cm³/mol. The Morgan fingerprint density at radius 1 is 1.40 bits per heavy atom. The zero-order chi connectivity index (χ0) is 14.9. The number of anilines is 1. The van der Waals surface area contributed by atoms with Crippen molar-refractivity contribution < 1.29 is 19.1 Å². The van der Waals surface area contributed by atoms with Crippen molar-refractivity contribution in [3.63, 3.8) is 0 Å². The monoisotopic (exact) mass is 280 g/mol. The van der Waals surface area contributed by atoms with Crippen molar-refractivity contribution in [3.8, 4) is 0 Å². The van der Waals surface area contributed by atoms with Crippen LogP contribution in [0.15, 0.2) is 18.2 Å². The molecular weight excluding hydrogens is 263 g/mol. The Kier molecular flexibility index (Phi) is 3.92. The van der Waals surface area contributed by atoms with Gasteiger partial charge in [0.1, 0.15) is 5.82 Å². The van der Waals surface area contributed by atoms with Crippen LogP contribution in [0.1, 0.15) is 12.5 Å². The zero-order valence-electron chi connectivity index (χ0n) is 11.4. The first kappa shape index (κ1) is 14.3. The predicted octanol–water partition coefficient (Wildman–Crippen LogP) is 2.32. The van der Waals surface area contributed by atoms with Crippen LogP contribution in [0.5, 0.6) is 0 Å². The SMILES string of the molecule is Cc1c(F)cccc1NC(=O)N1C[C@@H](C)[C@H](C(=O)O)C1. The third-order valence-corrected chi connectivity index (χ3v) is 3.73. The molecule has 2 amide bonds. The standard InChI is InChI=1S/C14H17FN2O3/c1-8-6-17(7-10(8)13(18)19)14(20)16-12-5-3-4-11(15)9(12)2/h3-5,8,10H,6-7H2,1-2H3,(H,16,20)(H,18,19)/t8-,10-/m1/s1. The van der Waals surface area contributed by atoms with Gasteiger partial charge in [0, 0.05) is 24.3 Å². The van der Waals surface area contributed by atoms with Crippen LogP contribution in [-0.4, -0.2) is 35.1 Å². The summed E-state index contributed by atoms with van der Waals surface area (Å²) >= 11 is 0. The second-order valence-corrected chi connectivity index (χ2v) is 5.17. The smallest absolute Gasteiger partial charge is 0.321 e. The first-order valence-electron chi connectivity index (χ1n) is 6.44. The fourth-order valence-electron chi connectivity index (χ4n) is 2.39. The average molecular weight is 280 g/mol. The number of rotatable bonds is 2. The Balaban J connectivity index is 2.06. The zero-order valence-corrected chi connectivity index (χ0v) is 11.4. The third kappa shape index (κ3) is 2.74. The van der Waals surface area contributed by atoms with Crippen molar-refractivity contribution in [2.45, 2.75) is 13.8 Å². The van der Waals surface area contributed by atoms with Gasteiger partial charge in [-0.25, -0.2) is 9.18 Å². The van der Waals surface area contributed by atoms with Gasteiger partial charge in [-0.2, -0.15) is 0 Å². The first-order chi connectivity index (χ1) is 9.40. The molecule has 2 N–H and O–H groups in total. The molecule has 1 aliphatic heterocycles. The summed E-state index contributed by atoms with van der Waals surface area (Å²) in [6, 6.07) is 4.06. The van der Waals surface area contributed by atoms with Crippen LogP contribution in [0.4, 0.5) is 14.9 Å². The highest BCUT2D eigenvalue weighted by molar-refractivity contribution is 5.90. The minimum atomic E-state index is -0.894. The van der Waals surface area contributed by atoms with Crippen LogP contribution >= 0.6 is 0 Å².